The second kappa shape index (κ2) is 4.45. The Morgan fingerprint density at radius 1 is 1.18 bits per heavy atom. The molecule has 4 rings (SSSR count). The largest absolute Gasteiger partial charge is 0.449 e. The Balaban J connectivity index is 1.64. The number of carbonyl (C=O) groups is 1. The minimum absolute atomic E-state index is 0.0815. The van der Waals surface area contributed by atoms with Crippen molar-refractivity contribution in [2.75, 3.05) is 11.9 Å². The van der Waals surface area contributed by atoms with Crippen LogP contribution in [0.5, 0.6) is 0 Å². The van der Waals surface area contributed by atoms with Gasteiger partial charge in [0.2, 0.25) is 0 Å². The number of hydrogen-bond donors (Lipinski definition) is 1. The Kier molecular flexibility index (Phi) is 3.09. The average molecular weight is 302 g/mol. The van der Waals surface area contributed by atoms with Gasteiger partial charge in [0.05, 0.1) is 0 Å². The van der Waals surface area contributed by atoms with Crippen LogP contribution in [0.3, 0.4) is 0 Å². The lowest BCUT2D eigenvalue weighted by molar-refractivity contribution is -0.0187. The van der Waals surface area contributed by atoms with Gasteiger partial charge in [-0.05, 0) is 56.3 Å². The van der Waals surface area contributed by atoms with Crippen LogP contribution < -0.4 is 5.32 Å². The van der Waals surface area contributed by atoms with Gasteiger partial charge in [0.15, 0.2) is 0 Å². The minimum Gasteiger partial charge on any atom is -0.449 e. The van der Waals surface area contributed by atoms with Crippen molar-refractivity contribution >= 4 is 22.0 Å². The molecule has 3 nitrogen and oxygen atoms in total. The molecule has 0 aliphatic heterocycles. The van der Waals surface area contributed by atoms with Crippen LogP contribution in [0, 0.1) is 17.8 Å². The van der Waals surface area contributed by atoms with Crippen molar-refractivity contribution in [2.45, 2.75) is 44.1 Å². The predicted octanol–water partition coefficient (Wildman–Crippen LogP) is 3.08. The summed E-state index contributed by atoms with van der Waals surface area (Å²) in [7, 11) is 0. The number of alkyl halides is 1. The third kappa shape index (κ3) is 2.33. The first-order valence-electron chi connectivity index (χ1n) is 6.70. The summed E-state index contributed by atoms with van der Waals surface area (Å²) >= 11 is 3.27. The van der Waals surface area contributed by atoms with E-state index in [1.54, 1.807) is 0 Å². The summed E-state index contributed by atoms with van der Waals surface area (Å²) in [4.78, 5) is 11.7. The standard InChI is InChI=1S/C13H20BrNO2/c14-1-2-17-12(16)15-13-6-9-3-10(7-13)5-11(4-9)8-13/h9-11H,1-8H2,(H,15,16). The van der Waals surface area contributed by atoms with Gasteiger partial charge in [-0.1, -0.05) is 15.9 Å². The van der Waals surface area contributed by atoms with Gasteiger partial charge < -0.3 is 10.1 Å². The molecule has 0 spiro atoms. The van der Waals surface area contributed by atoms with Crippen LogP contribution in [0.1, 0.15) is 38.5 Å². The van der Waals surface area contributed by atoms with E-state index in [1.807, 2.05) is 0 Å². The number of hydrogen-bond acceptors (Lipinski definition) is 2. The molecule has 17 heavy (non-hydrogen) atoms. The molecule has 4 aliphatic rings. The topological polar surface area (TPSA) is 38.3 Å². The first-order chi connectivity index (χ1) is 8.19. The van der Waals surface area contributed by atoms with Gasteiger partial charge in [-0.3, -0.25) is 0 Å². The van der Waals surface area contributed by atoms with Gasteiger partial charge in [-0.2, -0.15) is 0 Å². The van der Waals surface area contributed by atoms with Crippen LogP contribution in [0.4, 0.5) is 4.79 Å². The number of alkyl carbamates (subject to hydrolysis) is 1. The van der Waals surface area contributed by atoms with Crippen LogP contribution in [0.25, 0.3) is 0 Å². The molecule has 4 saturated carbocycles. The zero-order valence-corrected chi connectivity index (χ0v) is 11.7. The molecule has 0 heterocycles. The van der Waals surface area contributed by atoms with Crippen LogP contribution in [-0.4, -0.2) is 23.6 Å². The maximum atomic E-state index is 11.7. The summed E-state index contributed by atoms with van der Waals surface area (Å²) in [5, 5.41) is 3.89. The van der Waals surface area contributed by atoms with E-state index in [0.29, 0.717) is 11.9 Å². The van der Waals surface area contributed by atoms with Crippen LogP contribution in [0.2, 0.25) is 0 Å². The van der Waals surface area contributed by atoms with Gasteiger partial charge in [-0.25, -0.2) is 4.79 Å². The molecular formula is C13H20BrNO2. The maximum Gasteiger partial charge on any atom is 0.407 e. The van der Waals surface area contributed by atoms with Gasteiger partial charge in [0.1, 0.15) is 6.61 Å². The SMILES string of the molecule is O=C(NC12CC3CC(CC(C3)C1)C2)OCCBr. The molecule has 0 aromatic heterocycles. The number of halogens is 1. The molecule has 4 bridgehead atoms. The summed E-state index contributed by atoms with van der Waals surface area (Å²) in [6.07, 6.45) is 7.53. The fourth-order valence-electron chi connectivity index (χ4n) is 4.65. The van der Waals surface area contributed by atoms with Crippen molar-refractivity contribution in [3.8, 4) is 0 Å². The first kappa shape index (κ1) is 11.8. The molecule has 0 aromatic carbocycles. The molecule has 0 unspecified atom stereocenters. The van der Waals surface area contributed by atoms with Gasteiger partial charge in [-0.15, -0.1) is 0 Å². The monoisotopic (exact) mass is 301 g/mol. The smallest absolute Gasteiger partial charge is 0.407 e. The van der Waals surface area contributed by atoms with E-state index in [2.05, 4.69) is 21.2 Å². The quantitative estimate of drug-likeness (QED) is 0.814. The summed E-state index contributed by atoms with van der Waals surface area (Å²) in [6.45, 7) is 0.457. The van der Waals surface area contributed by atoms with E-state index >= 15 is 0 Å². The maximum absolute atomic E-state index is 11.7. The van der Waals surface area contributed by atoms with E-state index in [0.717, 1.165) is 17.8 Å². The highest BCUT2D eigenvalue weighted by Crippen LogP contribution is 2.55. The Morgan fingerprint density at radius 3 is 2.18 bits per heavy atom. The third-order valence-electron chi connectivity index (χ3n) is 4.72. The van der Waals surface area contributed by atoms with Crippen molar-refractivity contribution in [2.24, 2.45) is 17.8 Å². The normalized spacial score (nSPS) is 42.5. The Hall–Kier alpha value is -0.250. The van der Waals surface area contributed by atoms with Crippen LogP contribution in [-0.2, 0) is 4.74 Å². The average Bonchev–Trinajstić information content (AvgIpc) is 2.23. The fraction of sp³-hybridized carbons (Fsp3) is 0.923. The lowest BCUT2D eigenvalue weighted by Crippen LogP contribution is -2.59. The van der Waals surface area contributed by atoms with Gasteiger partial charge in [0, 0.05) is 10.9 Å². The van der Waals surface area contributed by atoms with Crippen molar-refractivity contribution in [1.29, 1.82) is 0 Å². The second-order valence-electron chi connectivity index (χ2n) is 6.15. The van der Waals surface area contributed by atoms with Crippen molar-refractivity contribution < 1.29 is 9.53 Å². The molecule has 0 atom stereocenters. The van der Waals surface area contributed by atoms with Gasteiger partial charge >= 0.3 is 6.09 Å². The molecule has 4 fully saturated rings. The highest BCUT2D eigenvalue weighted by molar-refractivity contribution is 9.09. The van der Waals surface area contributed by atoms with E-state index in [1.165, 1.54) is 38.5 Å². The first-order valence-corrected chi connectivity index (χ1v) is 7.82. The third-order valence-corrected chi connectivity index (χ3v) is 5.04. The van der Waals surface area contributed by atoms with Gasteiger partial charge in [0.25, 0.3) is 0 Å². The Morgan fingerprint density at radius 2 is 1.71 bits per heavy atom. The van der Waals surface area contributed by atoms with E-state index < -0.39 is 0 Å². The lowest BCUT2D eigenvalue weighted by Gasteiger charge is -2.56. The summed E-state index contributed by atoms with van der Waals surface area (Å²) < 4.78 is 5.13. The molecule has 1 N–H and O–H groups in total. The molecule has 0 aromatic rings. The summed E-state index contributed by atoms with van der Waals surface area (Å²) in [5.74, 6) is 2.58. The number of ether oxygens (including phenoxy) is 1. The fourth-order valence-corrected chi connectivity index (χ4v) is 4.81. The van der Waals surface area contributed by atoms with Crippen LogP contribution >= 0.6 is 15.9 Å². The molecule has 96 valence electrons. The van der Waals surface area contributed by atoms with E-state index in [-0.39, 0.29) is 11.6 Å². The van der Waals surface area contributed by atoms with Crippen molar-refractivity contribution in [3.63, 3.8) is 0 Å². The summed E-state index contributed by atoms with van der Waals surface area (Å²) in [5.41, 5.74) is 0.0815. The zero-order valence-electron chi connectivity index (χ0n) is 10.1. The lowest BCUT2D eigenvalue weighted by atomic mass is 9.53. The van der Waals surface area contributed by atoms with Crippen molar-refractivity contribution in [3.05, 3.63) is 0 Å². The second-order valence-corrected chi connectivity index (χ2v) is 6.94. The Bertz CT molecular complexity index is 283. The van der Waals surface area contributed by atoms with E-state index in [4.69, 9.17) is 4.74 Å². The highest BCUT2D eigenvalue weighted by atomic mass is 79.9. The minimum atomic E-state index is -0.216. The van der Waals surface area contributed by atoms with Crippen molar-refractivity contribution in [1.82, 2.24) is 5.32 Å². The summed E-state index contributed by atoms with van der Waals surface area (Å²) in [6, 6.07) is 0. The molecule has 0 radical (unpaired) electrons. The van der Waals surface area contributed by atoms with E-state index in [9.17, 15) is 4.79 Å². The molecule has 4 heteroatoms. The molecule has 4 aliphatic carbocycles. The molecule has 0 saturated heterocycles. The predicted molar refractivity (Wildman–Crippen MR) is 69.2 cm³/mol. The number of rotatable bonds is 3. The highest BCUT2D eigenvalue weighted by Gasteiger charge is 2.51. The zero-order chi connectivity index (χ0) is 11.9. The number of nitrogens with one attached hydrogen (secondary N) is 1. The number of carbonyl (C=O) groups excluding carboxylic acids is 1. The Labute approximate surface area is 111 Å². The molecule has 1 amide bonds. The number of amides is 1. The van der Waals surface area contributed by atoms with Crippen LogP contribution in [0.15, 0.2) is 0 Å². The molecular weight excluding hydrogens is 282 g/mol.